The predicted octanol–water partition coefficient (Wildman–Crippen LogP) is 2.87. The summed E-state index contributed by atoms with van der Waals surface area (Å²) in [7, 11) is 1.64. The second-order valence-corrected chi connectivity index (χ2v) is 5.32. The van der Waals surface area contributed by atoms with Gasteiger partial charge in [-0.1, -0.05) is 51.9 Å². The zero-order valence-electron chi connectivity index (χ0n) is 13.5. The highest BCUT2D eigenvalue weighted by molar-refractivity contribution is 5.75. The molecule has 0 aliphatic heterocycles. The van der Waals surface area contributed by atoms with Gasteiger partial charge in [0.15, 0.2) is 0 Å². The Kier molecular flexibility index (Phi) is 15.9. The van der Waals surface area contributed by atoms with Crippen LogP contribution < -0.4 is 10.6 Å². The van der Waals surface area contributed by atoms with E-state index in [-0.39, 0.29) is 5.91 Å². The molecule has 0 bridgehead atoms. The second kappa shape index (κ2) is 16.4. The van der Waals surface area contributed by atoms with Crippen molar-refractivity contribution in [3.63, 3.8) is 0 Å². The molecule has 4 heteroatoms. The van der Waals surface area contributed by atoms with Crippen molar-refractivity contribution in [1.82, 2.24) is 10.6 Å². The summed E-state index contributed by atoms with van der Waals surface area (Å²) in [5.41, 5.74) is 0. The van der Waals surface area contributed by atoms with Gasteiger partial charge < -0.3 is 15.4 Å². The third-order valence-corrected chi connectivity index (χ3v) is 3.36. The van der Waals surface area contributed by atoms with E-state index in [1.54, 1.807) is 7.11 Å². The molecular weight excluding hydrogens is 252 g/mol. The largest absolute Gasteiger partial charge is 0.383 e. The molecule has 0 aromatic rings. The number of carbonyl (C=O) groups excluding carboxylic acids is 1. The minimum Gasteiger partial charge on any atom is -0.383 e. The summed E-state index contributed by atoms with van der Waals surface area (Å²) in [5.74, 6) is 0.102. The van der Waals surface area contributed by atoms with Crippen molar-refractivity contribution in [1.29, 1.82) is 0 Å². The lowest BCUT2D eigenvalue weighted by Crippen LogP contribution is -2.30. The SMILES string of the molecule is CCCCCCCCCCNCCC(=O)NCCOC. The molecule has 0 aliphatic carbocycles. The lowest BCUT2D eigenvalue weighted by Gasteiger charge is -2.06. The number of unbranched alkanes of at least 4 members (excludes halogenated alkanes) is 7. The Hall–Kier alpha value is -0.610. The highest BCUT2D eigenvalue weighted by atomic mass is 16.5. The first kappa shape index (κ1) is 19.4. The average molecular weight is 286 g/mol. The molecule has 0 atom stereocenters. The minimum atomic E-state index is 0.102. The van der Waals surface area contributed by atoms with Gasteiger partial charge in [0.05, 0.1) is 6.61 Å². The van der Waals surface area contributed by atoms with Crippen LogP contribution in [-0.4, -0.2) is 39.3 Å². The van der Waals surface area contributed by atoms with Crippen LogP contribution in [0.15, 0.2) is 0 Å². The number of methoxy groups -OCH3 is 1. The van der Waals surface area contributed by atoms with E-state index in [1.165, 1.54) is 51.4 Å². The Morgan fingerprint density at radius 1 is 0.900 bits per heavy atom. The first-order valence-electron chi connectivity index (χ1n) is 8.27. The molecule has 0 spiro atoms. The molecule has 120 valence electrons. The van der Waals surface area contributed by atoms with Crippen molar-refractivity contribution >= 4 is 5.91 Å². The Balaban J connectivity index is 3.07. The summed E-state index contributed by atoms with van der Waals surface area (Å²) in [4.78, 5) is 11.4. The minimum absolute atomic E-state index is 0.102. The number of amides is 1. The summed E-state index contributed by atoms with van der Waals surface area (Å²) in [6, 6.07) is 0. The van der Waals surface area contributed by atoms with Crippen LogP contribution in [0.5, 0.6) is 0 Å². The number of hydrogen-bond acceptors (Lipinski definition) is 3. The molecule has 0 unspecified atom stereocenters. The fraction of sp³-hybridized carbons (Fsp3) is 0.938. The molecule has 20 heavy (non-hydrogen) atoms. The molecule has 0 fully saturated rings. The van der Waals surface area contributed by atoms with Gasteiger partial charge in [-0.25, -0.2) is 0 Å². The zero-order valence-corrected chi connectivity index (χ0v) is 13.5. The third kappa shape index (κ3) is 15.4. The van der Waals surface area contributed by atoms with Gasteiger partial charge in [0.1, 0.15) is 0 Å². The molecule has 0 heterocycles. The average Bonchev–Trinajstić information content (AvgIpc) is 2.45. The van der Waals surface area contributed by atoms with Gasteiger partial charge in [0.2, 0.25) is 5.91 Å². The summed E-state index contributed by atoms with van der Waals surface area (Å²) < 4.78 is 4.87. The molecular formula is C16H34N2O2. The van der Waals surface area contributed by atoms with E-state index in [1.807, 2.05) is 0 Å². The number of hydrogen-bond donors (Lipinski definition) is 2. The summed E-state index contributed by atoms with van der Waals surface area (Å²) in [5, 5.41) is 6.14. The number of rotatable bonds is 15. The smallest absolute Gasteiger partial charge is 0.221 e. The number of nitrogens with one attached hydrogen (secondary N) is 2. The summed E-state index contributed by atoms with van der Waals surface area (Å²) in [6.07, 6.45) is 11.3. The van der Waals surface area contributed by atoms with E-state index in [4.69, 9.17) is 4.74 Å². The summed E-state index contributed by atoms with van der Waals surface area (Å²) >= 11 is 0. The molecule has 0 aliphatic rings. The Morgan fingerprint density at radius 3 is 2.20 bits per heavy atom. The van der Waals surface area contributed by atoms with E-state index in [2.05, 4.69) is 17.6 Å². The maximum Gasteiger partial charge on any atom is 0.221 e. The van der Waals surface area contributed by atoms with Gasteiger partial charge in [-0.15, -0.1) is 0 Å². The molecule has 0 saturated carbocycles. The maximum atomic E-state index is 11.4. The topological polar surface area (TPSA) is 50.4 Å². The van der Waals surface area contributed by atoms with Gasteiger partial charge in [-0.3, -0.25) is 4.79 Å². The second-order valence-electron chi connectivity index (χ2n) is 5.32. The molecule has 0 aromatic carbocycles. The van der Waals surface area contributed by atoms with Gasteiger partial charge >= 0.3 is 0 Å². The van der Waals surface area contributed by atoms with Crippen molar-refractivity contribution in [2.24, 2.45) is 0 Å². The quantitative estimate of drug-likeness (QED) is 0.455. The van der Waals surface area contributed by atoms with Crippen LogP contribution in [0, 0.1) is 0 Å². The van der Waals surface area contributed by atoms with Crippen LogP contribution >= 0.6 is 0 Å². The van der Waals surface area contributed by atoms with Crippen molar-refractivity contribution in [3.05, 3.63) is 0 Å². The van der Waals surface area contributed by atoms with Gasteiger partial charge in [0.25, 0.3) is 0 Å². The van der Waals surface area contributed by atoms with Gasteiger partial charge in [-0.05, 0) is 13.0 Å². The van der Waals surface area contributed by atoms with Crippen LogP contribution in [0.1, 0.15) is 64.7 Å². The summed E-state index contributed by atoms with van der Waals surface area (Å²) in [6.45, 7) is 5.24. The van der Waals surface area contributed by atoms with E-state index in [0.29, 0.717) is 19.6 Å². The molecule has 0 saturated heterocycles. The predicted molar refractivity (Wildman–Crippen MR) is 85.0 cm³/mol. The van der Waals surface area contributed by atoms with Crippen LogP contribution in [-0.2, 0) is 9.53 Å². The lowest BCUT2D eigenvalue weighted by atomic mass is 10.1. The first-order chi connectivity index (χ1) is 9.81. The standard InChI is InChI=1S/C16H34N2O2/c1-3-4-5-6-7-8-9-10-12-17-13-11-16(19)18-14-15-20-2/h17H,3-15H2,1-2H3,(H,18,19). The zero-order chi connectivity index (χ0) is 14.9. The highest BCUT2D eigenvalue weighted by Crippen LogP contribution is 2.07. The van der Waals surface area contributed by atoms with Gasteiger partial charge in [0, 0.05) is 26.6 Å². The van der Waals surface area contributed by atoms with Crippen LogP contribution in [0.4, 0.5) is 0 Å². The normalized spacial score (nSPS) is 10.7. The molecule has 0 aromatic heterocycles. The van der Waals surface area contributed by atoms with Crippen molar-refractivity contribution < 1.29 is 9.53 Å². The fourth-order valence-corrected chi connectivity index (χ4v) is 2.09. The first-order valence-corrected chi connectivity index (χ1v) is 8.27. The van der Waals surface area contributed by atoms with Gasteiger partial charge in [-0.2, -0.15) is 0 Å². The fourth-order valence-electron chi connectivity index (χ4n) is 2.09. The molecule has 2 N–H and O–H groups in total. The maximum absolute atomic E-state index is 11.4. The Labute approximate surface area is 125 Å². The Morgan fingerprint density at radius 2 is 1.55 bits per heavy atom. The van der Waals surface area contributed by atoms with E-state index < -0.39 is 0 Å². The number of carbonyl (C=O) groups is 1. The van der Waals surface area contributed by atoms with Crippen molar-refractivity contribution in [2.75, 3.05) is 33.4 Å². The molecule has 4 nitrogen and oxygen atoms in total. The number of ether oxygens (including phenoxy) is 1. The Bertz CT molecular complexity index is 211. The van der Waals surface area contributed by atoms with E-state index in [9.17, 15) is 4.79 Å². The van der Waals surface area contributed by atoms with Crippen molar-refractivity contribution in [2.45, 2.75) is 64.7 Å². The van der Waals surface area contributed by atoms with Crippen LogP contribution in [0.2, 0.25) is 0 Å². The van der Waals surface area contributed by atoms with E-state index in [0.717, 1.165) is 13.1 Å². The van der Waals surface area contributed by atoms with Crippen LogP contribution in [0.25, 0.3) is 0 Å². The van der Waals surface area contributed by atoms with Crippen molar-refractivity contribution in [3.8, 4) is 0 Å². The monoisotopic (exact) mass is 286 g/mol. The lowest BCUT2D eigenvalue weighted by molar-refractivity contribution is -0.121. The highest BCUT2D eigenvalue weighted by Gasteiger charge is 1.99. The van der Waals surface area contributed by atoms with Crippen LogP contribution in [0.3, 0.4) is 0 Å². The molecule has 0 radical (unpaired) electrons. The van der Waals surface area contributed by atoms with E-state index >= 15 is 0 Å². The molecule has 0 rings (SSSR count). The third-order valence-electron chi connectivity index (χ3n) is 3.36. The molecule has 1 amide bonds.